The Morgan fingerprint density at radius 2 is 1.71 bits per heavy atom. The summed E-state index contributed by atoms with van der Waals surface area (Å²) < 4.78 is 16.4. The number of amides is 1. The molecule has 6 heteroatoms. The molecule has 1 aliphatic rings. The van der Waals surface area contributed by atoms with Crippen LogP contribution in [0.1, 0.15) is 28.4 Å². The van der Waals surface area contributed by atoms with Crippen LogP contribution in [0.4, 0.5) is 0 Å². The first-order valence-electron chi connectivity index (χ1n) is 7.60. The average molecular weight is 327 g/mol. The third-order valence-electron chi connectivity index (χ3n) is 3.57. The van der Waals surface area contributed by atoms with Crippen LogP contribution in [0.2, 0.25) is 0 Å². The number of carbonyl (C=O) groups excluding carboxylic acids is 2. The van der Waals surface area contributed by atoms with Gasteiger partial charge in [0.1, 0.15) is 0 Å². The summed E-state index contributed by atoms with van der Waals surface area (Å²) in [6.07, 6.45) is -0.374. The molecule has 1 heterocycles. The fourth-order valence-corrected chi connectivity index (χ4v) is 2.38. The van der Waals surface area contributed by atoms with Crippen molar-refractivity contribution in [2.24, 2.45) is 5.73 Å². The predicted octanol–water partition coefficient (Wildman–Crippen LogP) is 2.23. The molecule has 1 atom stereocenters. The van der Waals surface area contributed by atoms with Crippen molar-refractivity contribution in [1.82, 2.24) is 0 Å². The van der Waals surface area contributed by atoms with Gasteiger partial charge < -0.3 is 19.9 Å². The highest BCUT2D eigenvalue weighted by Crippen LogP contribution is 2.31. The van der Waals surface area contributed by atoms with Crippen LogP contribution in [-0.4, -0.2) is 25.1 Å². The standard InChI is InChI=1S/C18H17NO5/c19-17(20)16(12-5-2-1-3-6-12)24-18(21)13-7-8-14-15(11-13)23-10-4-9-22-14/h1-3,5-8,11,16H,4,9-10H2,(H2,19,20)/t16-/m0/s1. The highest BCUT2D eigenvalue weighted by Gasteiger charge is 2.24. The predicted molar refractivity (Wildman–Crippen MR) is 85.8 cm³/mol. The van der Waals surface area contributed by atoms with E-state index in [0.717, 1.165) is 6.42 Å². The van der Waals surface area contributed by atoms with Crippen LogP contribution in [0.15, 0.2) is 48.5 Å². The van der Waals surface area contributed by atoms with Crippen molar-refractivity contribution >= 4 is 11.9 Å². The first-order valence-corrected chi connectivity index (χ1v) is 7.60. The number of nitrogens with two attached hydrogens (primary N) is 1. The van der Waals surface area contributed by atoms with Gasteiger partial charge in [-0.1, -0.05) is 30.3 Å². The zero-order valence-corrected chi connectivity index (χ0v) is 12.9. The molecule has 0 fully saturated rings. The smallest absolute Gasteiger partial charge is 0.339 e. The molecule has 3 rings (SSSR count). The molecule has 6 nitrogen and oxygen atoms in total. The van der Waals surface area contributed by atoms with Crippen molar-refractivity contribution in [2.45, 2.75) is 12.5 Å². The number of esters is 1. The van der Waals surface area contributed by atoms with E-state index in [-0.39, 0.29) is 5.56 Å². The lowest BCUT2D eigenvalue weighted by Crippen LogP contribution is -2.26. The van der Waals surface area contributed by atoms with Crippen molar-refractivity contribution in [3.05, 3.63) is 59.7 Å². The second-order valence-corrected chi connectivity index (χ2v) is 5.31. The van der Waals surface area contributed by atoms with E-state index in [9.17, 15) is 9.59 Å². The molecule has 2 aromatic carbocycles. The van der Waals surface area contributed by atoms with E-state index in [4.69, 9.17) is 19.9 Å². The van der Waals surface area contributed by atoms with Crippen molar-refractivity contribution in [3.8, 4) is 11.5 Å². The normalized spacial score (nSPS) is 14.3. The summed E-state index contributed by atoms with van der Waals surface area (Å²) in [5, 5.41) is 0. The van der Waals surface area contributed by atoms with Gasteiger partial charge in [0, 0.05) is 12.0 Å². The number of benzene rings is 2. The van der Waals surface area contributed by atoms with E-state index < -0.39 is 18.0 Å². The minimum atomic E-state index is -1.14. The quantitative estimate of drug-likeness (QED) is 0.870. The number of rotatable bonds is 4. The number of carbonyl (C=O) groups is 2. The monoisotopic (exact) mass is 327 g/mol. The van der Waals surface area contributed by atoms with Crippen LogP contribution in [0.25, 0.3) is 0 Å². The van der Waals surface area contributed by atoms with Crippen LogP contribution in [0.3, 0.4) is 0 Å². The molecule has 0 saturated carbocycles. The van der Waals surface area contributed by atoms with Gasteiger partial charge in [0.15, 0.2) is 11.5 Å². The van der Waals surface area contributed by atoms with Crippen molar-refractivity contribution in [3.63, 3.8) is 0 Å². The fourth-order valence-electron chi connectivity index (χ4n) is 2.38. The van der Waals surface area contributed by atoms with Gasteiger partial charge >= 0.3 is 5.97 Å². The van der Waals surface area contributed by atoms with Crippen LogP contribution in [0.5, 0.6) is 11.5 Å². The summed E-state index contributed by atoms with van der Waals surface area (Å²) in [6, 6.07) is 13.4. The lowest BCUT2D eigenvalue weighted by atomic mass is 10.1. The van der Waals surface area contributed by atoms with E-state index in [2.05, 4.69) is 0 Å². The van der Waals surface area contributed by atoms with Crippen LogP contribution in [-0.2, 0) is 9.53 Å². The first kappa shape index (κ1) is 15.9. The van der Waals surface area contributed by atoms with Gasteiger partial charge in [-0.25, -0.2) is 4.79 Å². The molecule has 0 bridgehead atoms. The Morgan fingerprint density at radius 1 is 1.00 bits per heavy atom. The van der Waals surface area contributed by atoms with Gasteiger partial charge in [-0.2, -0.15) is 0 Å². The van der Waals surface area contributed by atoms with Crippen LogP contribution in [0, 0.1) is 0 Å². The van der Waals surface area contributed by atoms with Crippen LogP contribution >= 0.6 is 0 Å². The average Bonchev–Trinajstić information content (AvgIpc) is 2.84. The molecule has 1 aliphatic heterocycles. The number of hydrogen-bond acceptors (Lipinski definition) is 5. The lowest BCUT2D eigenvalue weighted by Gasteiger charge is -2.15. The summed E-state index contributed by atoms with van der Waals surface area (Å²) in [6.45, 7) is 1.08. The second-order valence-electron chi connectivity index (χ2n) is 5.31. The lowest BCUT2D eigenvalue weighted by molar-refractivity contribution is -0.127. The van der Waals surface area contributed by atoms with Gasteiger partial charge in [-0.05, 0) is 18.2 Å². The summed E-state index contributed by atoms with van der Waals surface area (Å²) in [5.41, 5.74) is 6.15. The van der Waals surface area contributed by atoms with Gasteiger partial charge in [-0.15, -0.1) is 0 Å². The van der Waals surface area contributed by atoms with Crippen molar-refractivity contribution in [2.75, 3.05) is 13.2 Å². The maximum absolute atomic E-state index is 12.4. The molecular weight excluding hydrogens is 310 g/mol. The Kier molecular flexibility index (Phi) is 4.65. The largest absolute Gasteiger partial charge is 0.490 e. The Bertz CT molecular complexity index is 744. The van der Waals surface area contributed by atoms with Gasteiger partial charge in [0.2, 0.25) is 6.10 Å². The molecular formula is C18H17NO5. The highest BCUT2D eigenvalue weighted by molar-refractivity contribution is 5.93. The van der Waals surface area contributed by atoms with Gasteiger partial charge in [0.25, 0.3) is 5.91 Å². The molecule has 2 N–H and O–H groups in total. The Balaban J connectivity index is 1.81. The zero-order chi connectivity index (χ0) is 16.9. The summed E-state index contributed by atoms with van der Waals surface area (Å²) in [7, 11) is 0. The van der Waals surface area contributed by atoms with Gasteiger partial charge in [-0.3, -0.25) is 4.79 Å². The Labute approximate surface area is 139 Å². The van der Waals surface area contributed by atoms with E-state index in [1.54, 1.807) is 48.5 Å². The topological polar surface area (TPSA) is 87.9 Å². The molecule has 2 aromatic rings. The number of fused-ring (bicyclic) bond motifs is 1. The Hall–Kier alpha value is -3.02. The molecule has 0 spiro atoms. The second kappa shape index (κ2) is 7.04. The number of ether oxygens (including phenoxy) is 3. The third kappa shape index (κ3) is 3.48. The first-order chi connectivity index (χ1) is 11.6. The van der Waals surface area contributed by atoms with E-state index in [0.29, 0.717) is 30.3 Å². The molecule has 124 valence electrons. The fraction of sp³-hybridized carbons (Fsp3) is 0.222. The van der Waals surface area contributed by atoms with E-state index in [1.165, 1.54) is 0 Å². The number of primary amides is 1. The highest BCUT2D eigenvalue weighted by atomic mass is 16.5. The van der Waals surface area contributed by atoms with E-state index >= 15 is 0 Å². The van der Waals surface area contributed by atoms with E-state index in [1.807, 2.05) is 0 Å². The maximum atomic E-state index is 12.4. The van der Waals surface area contributed by atoms with Crippen molar-refractivity contribution in [1.29, 1.82) is 0 Å². The Morgan fingerprint density at radius 3 is 2.42 bits per heavy atom. The summed E-state index contributed by atoms with van der Waals surface area (Å²) in [4.78, 5) is 24.0. The SMILES string of the molecule is NC(=O)[C@@H](OC(=O)c1ccc2c(c1)OCCCO2)c1ccccc1. The summed E-state index contributed by atoms with van der Waals surface area (Å²) >= 11 is 0. The molecule has 0 aromatic heterocycles. The molecule has 0 unspecified atom stereocenters. The zero-order valence-electron chi connectivity index (χ0n) is 12.9. The molecule has 0 radical (unpaired) electrons. The molecule has 0 saturated heterocycles. The molecule has 1 amide bonds. The minimum Gasteiger partial charge on any atom is -0.490 e. The molecule has 0 aliphatic carbocycles. The van der Waals surface area contributed by atoms with Crippen molar-refractivity contribution < 1.29 is 23.8 Å². The third-order valence-corrected chi connectivity index (χ3v) is 3.57. The van der Waals surface area contributed by atoms with Crippen LogP contribution < -0.4 is 15.2 Å². The molecule has 24 heavy (non-hydrogen) atoms. The maximum Gasteiger partial charge on any atom is 0.339 e. The minimum absolute atomic E-state index is 0.265. The van der Waals surface area contributed by atoms with Gasteiger partial charge in [0.05, 0.1) is 18.8 Å². The number of hydrogen-bond donors (Lipinski definition) is 1. The summed E-state index contributed by atoms with van der Waals surface area (Å²) in [5.74, 6) is -0.321.